The van der Waals surface area contributed by atoms with E-state index in [9.17, 15) is 20.4 Å². The quantitative estimate of drug-likeness (QED) is 0.446. The van der Waals surface area contributed by atoms with Gasteiger partial charge in [0.1, 0.15) is 0 Å². The van der Waals surface area contributed by atoms with E-state index in [0.717, 1.165) is 11.1 Å². The van der Waals surface area contributed by atoms with E-state index in [2.05, 4.69) is 0 Å². The monoisotopic (exact) mass is 560 g/mol. The minimum absolute atomic E-state index is 0. The van der Waals surface area contributed by atoms with Crippen LogP contribution >= 0.6 is 0 Å². The Morgan fingerprint density at radius 1 is 0.424 bits per heavy atom. The van der Waals surface area contributed by atoms with Gasteiger partial charge in [0.2, 0.25) is 0 Å². The Morgan fingerprint density at radius 2 is 0.667 bits per heavy atom. The molecule has 5 heteroatoms. The number of rotatable bonds is 0. The van der Waals surface area contributed by atoms with Crippen molar-refractivity contribution in [2.24, 2.45) is 0 Å². The van der Waals surface area contributed by atoms with Gasteiger partial charge in [-0.25, -0.2) is 0 Å². The van der Waals surface area contributed by atoms with Crippen molar-refractivity contribution in [2.45, 2.75) is 105 Å². The average molecular weight is 559 g/mol. The molecule has 0 spiro atoms. The van der Waals surface area contributed by atoms with E-state index in [1.165, 1.54) is 12.1 Å². The molecule has 0 unspecified atom stereocenters. The fourth-order valence-electron chi connectivity index (χ4n) is 3.18. The first-order valence-electron chi connectivity index (χ1n) is 11.1. The SMILES string of the molecule is CC(C)(C)c1cc([O-])c([O-])c(C(C)(C)C)c1.CC(C)(C)c1cc([O-])c([O-])c(C(C)(C)C)c1.[Sn+4]. The maximum absolute atomic E-state index is 11.8. The van der Waals surface area contributed by atoms with Gasteiger partial charge in [0.05, 0.1) is 0 Å². The summed E-state index contributed by atoms with van der Waals surface area (Å²) >= 11 is 0. The predicted octanol–water partition coefficient (Wildman–Crippen LogP) is 4.48. The van der Waals surface area contributed by atoms with Crippen molar-refractivity contribution in [3.63, 3.8) is 0 Å². The topological polar surface area (TPSA) is 92.2 Å². The van der Waals surface area contributed by atoms with Crippen LogP contribution in [0.4, 0.5) is 0 Å². The molecular weight excluding hydrogens is 519 g/mol. The molecule has 180 valence electrons. The second-order valence-corrected chi connectivity index (χ2v) is 12.7. The molecule has 0 aliphatic rings. The summed E-state index contributed by atoms with van der Waals surface area (Å²) in [5, 5.41) is 46.8. The molecule has 0 radical (unpaired) electrons. The molecule has 0 bridgehead atoms. The summed E-state index contributed by atoms with van der Waals surface area (Å²) < 4.78 is 0. The van der Waals surface area contributed by atoms with Crippen molar-refractivity contribution >= 4 is 23.9 Å². The van der Waals surface area contributed by atoms with Crippen LogP contribution < -0.4 is 20.4 Å². The zero-order valence-corrected chi connectivity index (χ0v) is 25.3. The van der Waals surface area contributed by atoms with Crippen molar-refractivity contribution in [3.8, 4) is 23.0 Å². The Morgan fingerprint density at radius 3 is 0.848 bits per heavy atom. The van der Waals surface area contributed by atoms with Crippen LogP contribution in [-0.4, -0.2) is 23.9 Å². The molecule has 0 aliphatic heterocycles. The normalized spacial score (nSPS) is 12.5. The Bertz CT molecular complexity index is 871. The van der Waals surface area contributed by atoms with Crippen molar-refractivity contribution < 1.29 is 20.4 Å². The van der Waals surface area contributed by atoms with Gasteiger partial charge in [0.15, 0.2) is 0 Å². The van der Waals surface area contributed by atoms with Crippen molar-refractivity contribution in [2.75, 3.05) is 0 Å². The summed E-state index contributed by atoms with van der Waals surface area (Å²) in [6, 6.07) is 6.70. The molecule has 0 aliphatic carbocycles. The minimum Gasteiger partial charge on any atom is -0.873 e. The third-order valence-electron chi connectivity index (χ3n) is 5.46. The smallest absolute Gasteiger partial charge is 0.873 e. The van der Waals surface area contributed by atoms with Gasteiger partial charge in [-0.3, -0.25) is 0 Å². The van der Waals surface area contributed by atoms with Gasteiger partial charge < -0.3 is 20.4 Å². The molecular formula is C28H40O4Sn. The van der Waals surface area contributed by atoms with E-state index in [-0.39, 0.29) is 57.1 Å². The van der Waals surface area contributed by atoms with Gasteiger partial charge in [-0.1, -0.05) is 118 Å². The van der Waals surface area contributed by atoms with Crippen LogP contribution in [0.1, 0.15) is 105 Å². The number of benzene rings is 2. The van der Waals surface area contributed by atoms with E-state index in [0.29, 0.717) is 11.1 Å². The summed E-state index contributed by atoms with van der Waals surface area (Å²) in [6.45, 7) is 24.0. The van der Waals surface area contributed by atoms with Crippen molar-refractivity contribution in [1.29, 1.82) is 0 Å². The van der Waals surface area contributed by atoms with Gasteiger partial charge in [-0.15, -0.1) is 23.0 Å². The first-order valence-corrected chi connectivity index (χ1v) is 11.1. The molecule has 0 N–H and O–H groups in total. The molecule has 2 aromatic carbocycles. The second kappa shape index (κ2) is 10.4. The molecule has 0 saturated carbocycles. The van der Waals surface area contributed by atoms with E-state index >= 15 is 0 Å². The van der Waals surface area contributed by atoms with Crippen LogP contribution in [0.15, 0.2) is 24.3 Å². The van der Waals surface area contributed by atoms with Gasteiger partial charge in [-0.2, -0.15) is 0 Å². The number of hydrogen-bond acceptors (Lipinski definition) is 4. The molecule has 0 amide bonds. The minimum atomic E-state index is -0.391. The Labute approximate surface area is 218 Å². The zero-order chi connectivity index (χ0) is 25.4. The maximum atomic E-state index is 11.8. The molecule has 4 nitrogen and oxygen atoms in total. The van der Waals surface area contributed by atoms with Crippen molar-refractivity contribution in [1.82, 2.24) is 0 Å². The Balaban J connectivity index is 0.000000602. The first-order chi connectivity index (χ1) is 14.1. The fraction of sp³-hybridized carbons (Fsp3) is 0.571. The summed E-state index contributed by atoms with van der Waals surface area (Å²) in [5.41, 5.74) is 2.33. The molecule has 0 saturated heterocycles. The Hall–Kier alpha value is -1.56. The van der Waals surface area contributed by atoms with Gasteiger partial charge in [0.25, 0.3) is 0 Å². The third kappa shape index (κ3) is 8.31. The molecule has 33 heavy (non-hydrogen) atoms. The average Bonchev–Trinajstić information content (AvgIpc) is 2.56. The molecule has 2 rings (SSSR count). The van der Waals surface area contributed by atoms with Crippen LogP contribution in [0.5, 0.6) is 23.0 Å². The van der Waals surface area contributed by atoms with Crippen LogP contribution in [0.3, 0.4) is 0 Å². The second-order valence-electron chi connectivity index (χ2n) is 12.7. The van der Waals surface area contributed by atoms with Crippen LogP contribution in [0.25, 0.3) is 0 Å². The zero-order valence-electron chi connectivity index (χ0n) is 22.4. The maximum Gasteiger partial charge on any atom is 4.00 e. The molecule has 0 aromatic heterocycles. The largest absolute Gasteiger partial charge is 4.00 e. The van der Waals surface area contributed by atoms with Crippen LogP contribution in [0, 0.1) is 0 Å². The van der Waals surface area contributed by atoms with Gasteiger partial charge in [0, 0.05) is 0 Å². The summed E-state index contributed by atoms with van der Waals surface area (Å²) in [4.78, 5) is 0. The van der Waals surface area contributed by atoms with Crippen LogP contribution in [0.2, 0.25) is 0 Å². The molecule has 0 fully saturated rings. The first kappa shape index (κ1) is 31.4. The molecule has 0 atom stereocenters. The molecule has 0 heterocycles. The summed E-state index contributed by atoms with van der Waals surface area (Å²) in [5.74, 6) is -1.50. The fourth-order valence-corrected chi connectivity index (χ4v) is 3.18. The third-order valence-corrected chi connectivity index (χ3v) is 5.46. The van der Waals surface area contributed by atoms with Gasteiger partial charge >= 0.3 is 23.9 Å². The predicted molar refractivity (Wildman–Crippen MR) is 131 cm³/mol. The standard InChI is InChI=1S/2C14H22O2.Sn/c2*1-13(2,3)9-7-10(14(4,5)6)12(16)11(15)8-9;/h2*7-8,15-16H,1-6H3;/q;;+4/p-4. The van der Waals surface area contributed by atoms with E-state index in [1.54, 1.807) is 0 Å². The Kier molecular flexibility index (Phi) is 9.88. The van der Waals surface area contributed by atoms with E-state index in [4.69, 9.17) is 0 Å². The van der Waals surface area contributed by atoms with Crippen LogP contribution in [-0.2, 0) is 21.7 Å². The molecule has 2 aromatic rings. The van der Waals surface area contributed by atoms with Crippen molar-refractivity contribution in [3.05, 3.63) is 46.5 Å². The van der Waals surface area contributed by atoms with E-state index < -0.39 is 11.5 Å². The van der Waals surface area contributed by atoms with E-state index in [1.807, 2.05) is 95.2 Å². The summed E-state index contributed by atoms with van der Waals surface area (Å²) in [6.07, 6.45) is 0. The number of hydrogen-bond donors (Lipinski definition) is 0. The van der Waals surface area contributed by atoms with Gasteiger partial charge in [-0.05, 0) is 32.8 Å². The summed E-state index contributed by atoms with van der Waals surface area (Å²) in [7, 11) is 0.